The Labute approximate surface area is 160 Å². The number of para-hydroxylation sites is 1. The smallest absolute Gasteiger partial charge is 0.260 e. The first-order valence-electron chi connectivity index (χ1n) is 8.43. The summed E-state index contributed by atoms with van der Waals surface area (Å²) in [5.41, 5.74) is 0.514. The van der Waals surface area contributed by atoms with Gasteiger partial charge in [-0.3, -0.25) is 9.10 Å². The fraction of sp³-hybridized carbons (Fsp3) is 0.316. The van der Waals surface area contributed by atoms with E-state index in [-0.39, 0.29) is 5.91 Å². The fourth-order valence-electron chi connectivity index (χ4n) is 2.19. The lowest BCUT2D eigenvalue weighted by molar-refractivity contribution is -0.127. The second kappa shape index (κ2) is 9.27. The number of amides is 1. The molecule has 8 heteroatoms. The van der Waals surface area contributed by atoms with E-state index < -0.39 is 16.1 Å². The lowest BCUT2D eigenvalue weighted by atomic mass is 10.3. The summed E-state index contributed by atoms with van der Waals surface area (Å²) in [4.78, 5) is 12.1. The van der Waals surface area contributed by atoms with Gasteiger partial charge in [0.2, 0.25) is 10.0 Å². The van der Waals surface area contributed by atoms with Crippen molar-refractivity contribution < 1.29 is 22.7 Å². The Kier molecular flexibility index (Phi) is 7.06. The van der Waals surface area contributed by atoms with Gasteiger partial charge >= 0.3 is 0 Å². The van der Waals surface area contributed by atoms with Gasteiger partial charge in [-0.1, -0.05) is 18.2 Å². The van der Waals surface area contributed by atoms with Gasteiger partial charge in [0.1, 0.15) is 18.1 Å². The van der Waals surface area contributed by atoms with Crippen molar-refractivity contribution in [3.05, 3.63) is 54.6 Å². The van der Waals surface area contributed by atoms with E-state index in [4.69, 9.17) is 9.47 Å². The van der Waals surface area contributed by atoms with Gasteiger partial charge in [-0.25, -0.2) is 8.42 Å². The van der Waals surface area contributed by atoms with Crippen LogP contribution >= 0.6 is 0 Å². The number of carbonyl (C=O) groups excluding carboxylic acids is 1. The van der Waals surface area contributed by atoms with E-state index in [0.717, 1.165) is 12.0 Å². The van der Waals surface area contributed by atoms with E-state index in [1.165, 1.54) is 11.4 Å². The van der Waals surface area contributed by atoms with Crippen LogP contribution in [0.4, 0.5) is 5.69 Å². The maximum Gasteiger partial charge on any atom is 0.260 e. The average molecular weight is 392 g/mol. The molecular formula is C19H24N2O5S. The van der Waals surface area contributed by atoms with Crippen molar-refractivity contribution in [1.29, 1.82) is 0 Å². The third-order valence-corrected chi connectivity index (χ3v) is 5.00. The van der Waals surface area contributed by atoms with Crippen LogP contribution in [0.3, 0.4) is 0 Å². The molecule has 2 rings (SSSR count). The van der Waals surface area contributed by atoms with Crippen molar-refractivity contribution >= 4 is 21.6 Å². The molecule has 0 fully saturated rings. The van der Waals surface area contributed by atoms with Crippen molar-refractivity contribution in [2.24, 2.45) is 0 Å². The molecule has 0 aliphatic heterocycles. The highest BCUT2D eigenvalue weighted by Gasteiger charge is 2.15. The van der Waals surface area contributed by atoms with Gasteiger partial charge < -0.3 is 14.8 Å². The molecular weight excluding hydrogens is 368 g/mol. The Hall–Kier alpha value is -2.74. The number of benzene rings is 2. The van der Waals surface area contributed by atoms with Crippen molar-refractivity contribution in [1.82, 2.24) is 5.32 Å². The first-order chi connectivity index (χ1) is 12.8. The van der Waals surface area contributed by atoms with Crippen LogP contribution in [0, 0.1) is 0 Å². The van der Waals surface area contributed by atoms with Crippen LogP contribution in [0.25, 0.3) is 0 Å². The number of anilines is 1. The molecule has 1 N–H and O–H groups in total. The maximum atomic E-state index is 12.1. The Morgan fingerprint density at radius 3 is 2.30 bits per heavy atom. The predicted molar refractivity (Wildman–Crippen MR) is 105 cm³/mol. The summed E-state index contributed by atoms with van der Waals surface area (Å²) in [7, 11) is -1.85. The summed E-state index contributed by atoms with van der Waals surface area (Å²) in [6.07, 6.45) is 0.436. The topological polar surface area (TPSA) is 84.9 Å². The van der Waals surface area contributed by atoms with Gasteiger partial charge in [-0.15, -0.1) is 0 Å². The molecule has 0 saturated carbocycles. The van der Waals surface area contributed by atoms with E-state index in [0.29, 0.717) is 24.6 Å². The number of carbonyl (C=O) groups is 1. The number of nitrogens with zero attached hydrogens (tertiary/aromatic N) is 1. The summed E-state index contributed by atoms with van der Waals surface area (Å²) in [5.74, 6) is 0.961. The molecule has 0 heterocycles. The van der Waals surface area contributed by atoms with Gasteiger partial charge in [0.25, 0.3) is 5.91 Å². The largest absolute Gasteiger partial charge is 0.492 e. The normalized spacial score (nSPS) is 12.1. The van der Waals surface area contributed by atoms with Crippen LogP contribution in [-0.4, -0.2) is 46.9 Å². The Bertz CT molecular complexity index is 838. The fourth-order valence-corrected chi connectivity index (χ4v) is 2.69. The molecule has 0 aliphatic carbocycles. The number of sulfonamides is 1. The molecule has 0 aliphatic rings. The summed E-state index contributed by atoms with van der Waals surface area (Å²) in [5, 5.41) is 2.75. The summed E-state index contributed by atoms with van der Waals surface area (Å²) >= 11 is 0. The van der Waals surface area contributed by atoms with Crippen molar-refractivity contribution in [3.8, 4) is 11.5 Å². The second-order valence-corrected chi connectivity index (χ2v) is 7.95. The van der Waals surface area contributed by atoms with E-state index in [1.807, 2.05) is 30.3 Å². The van der Waals surface area contributed by atoms with Gasteiger partial charge in [0, 0.05) is 7.05 Å². The van der Waals surface area contributed by atoms with Gasteiger partial charge in [0.05, 0.1) is 18.5 Å². The molecule has 1 atom stereocenters. The van der Waals surface area contributed by atoms with Crippen molar-refractivity contribution in [2.75, 3.05) is 30.8 Å². The highest BCUT2D eigenvalue weighted by Crippen LogP contribution is 2.21. The number of rotatable bonds is 9. The van der Waals surface area contributed by atoms with Crippen LogP contribution < -0.4 is 19.1 Å². The lowest BCUT2D eigenvalue weighted by Gasteiger charge is -2.18. The highest BCUT2D eigenvalue weighted by atomic mass is 32.2. The van der Waals surface area contributed by atoms with E-state index in [2.05, 4.69) is 5.32 Å². The Morgan fingerprint density at radius 2 is 1.70 bits per heavy atom. The minimum absolute atomic E-state index is 0.260. The van der Waals surface area contributed by atoms with Crippen LogP contribution in [0.15, 0.2) is 54.6 Å². The zero-order chi connectivity index (χ0) is 19.9. The summed E-state index contributed by atoms with van der Waals surface area (Å²) < 4.78 is 35.3. The molecule has 146 valence electrons. The quantitative estimate of drug-likeness (QED) is 0.660. The van der Waals surface area contributed by atoms with Crippen LogP contribution in [0.1, 0.15) is 6.92 Å². The maximum absolute atomic E-state index is 12.1. The average Bonchev–Trinajstić information content (AvgIpc) is 2.65. The lowest BCUT2D eigenvalue weighted by Crippen LogP contribution is -2.38. The van der Waals surface area contributed by atoms with Crippen LogP contribution in [-0.2, 0) is 14.8 Å². The molecule has 2 aromatic rings. The third kappa shape index (κ3) is 6.49. The van der Waals surface area contributed by atoms with Crippen LogP contribution in [0.5, 0.6) is 11.5 Å². The molecule has 0 radical (unpaired) electrons. The standard InChI is InChI=1S/C19H24N2O5S/c1-15(19(22)20-13-14-25-17-7-5-4-6-8-17)26-18-11-9-16(10-12-18)21(2)27(3,23)24/h4-12,15H,13-14H2,1-3H3,(H,20,22)/t15-/m1/s1. The zero-order valence-corrected chi connectivity index (χ0v) is 16.4. The molecule has 0 unspecified atom stereocenters. The summed E-state index contributed by atoms with van der Waals surface area (Å²) in [6, 6.07) is 15.8. The van der Waals surface area contributed by atoms with E-state index >= 15 is 0 Å². The van der Waals surface area contributed by atoms with E-state index in [9.17, 15) is 13.2 Å². The third-order valence-electron chi connectivity index (χ3n) is 3.79. The molecule has 27 heavy (non-hydrogen) atoms. The second-order valence-electron chi connectivity index (χ2n) is 5.94. The predicted octanol–water partition coefficient (Wildman–Crippen LogP) is 2.04. The van der Waals surface area contributed by atoms with Crippen molar-refractivity contribution in [2.45, 2.75) is 13.0 Å². The number of hydrogen-bond acceptors (Lipinski definition) is 5. The van der Waals surface area contributed by atoms with Gasteiger partial charge in [-0.05, 0) is 43.3 Å². The summed E-state index contributed by atoms with van der Waals surface area (Å²) in [6.45, 7) is 2.36. The highest BCUT2D eigenvalue weighted by molar-refractivity contribution is 7.92. The molecule has 0 bridgehead atoms. The van der Waals surface area contributed by atoms with Crippen LogP contribution in [0.2, 0.25) is 0 Å². The number of nitrogens with one attached hydrogen (secondary N) is 1. The molecule has 1 amide bonds. The molecule has 7 nitrogen and oxygen atoms in total. The Balaban J connectivity index is 1.78. The first kappa shape index (κ1) is 20.6. The molecule has 0 spiro atoms. The minimum Gasteiger partial charge on any atom is -0.492 e. The minimum atomic E-state index is -3.32. The first-order valence-corrected chi connectivity index (χ1v) is 10.3. The molecule has 0 aromatic heterocycles. The molecule has 0 saturated heterocycles. The monoisotopic (exact) mass is 392 g/mol. The van der Waals surface area contributed by atoms with E-state index in [1.54, 1.807) is 31.2 Å². The number of hydrogen-bond donors (Lipinski definition) is 1. The van der Waals surface area contributed by atoms with Gasteiger partial charge in [0.15, 0.2) is 6.10 Å². The van der Waals surface area contributed by atoms with Gasteiger partial charge in [-0.2, -0.15) is 0 Å². The van der Waals surface area contributed by atoms with Crippen molar-refractivity contribution in [3.63, 3.8) is 0 Å². The molecule has 2 aromatic carbocycles. The number of ether oxygens (including phenoxy) is 2. The SMILES string of the molecule is C[C@@H](Oc1ccc(N(C)S(C)(=O)=O)cc1)C(=O)NCCOc1ccccc1. The zero-order valence-electron chi connectivity index (χ0n) is 15.6. The Morgan fingerprint density at radius 1 is 1.07 bits per heavy atom.